The van der Waals surface area contributed by atoms with Gasteiger partial charge < -0.3 is 19.4 Å². The molecule has 126 valence electrons. The number of nitrogens with one attached hydrogen (secondary N) is 1. The Balaban J connectivity index is 1.37. The van der Waals surface area contributed by atoms with E-state index in [1.165, 1.54) is 0 Å². The summed E-state index contributed by atoms with van der Waals surface area (Å²) in [6, 6.07) is 5.70. The van der Waals surface area contributed by atoms with E-state index in [0.717, 1.165) is 40.2 Å². The highest BCUT2D eigenvalue weighted by atomic mass is 32.2. The Labute approximate surface area is 144 Å². The molecule has 3 heterocycles. The van der Waals surface area contributed by atoms with Crippen LogP contribution in [0.25, 0.3) is 0 Å². The lowest BCUT2D eigenvalue weighted by Crippen LogP contribution is -2.37. The highest BCUT2D eigenvalue weighted by molar-refractivity contribution is 7.99. The fraction of sp³-hybridized carbons (Fsp3) is 0.412. The number of hydrogen-bond donors (Lipinski definition) is 1. The largest absolute Gasteiger partial charge is 0.497 e. The van der Waals surface area contributed by atoms with Crippen molar-refractivity contribution in [2.24, 2.45) is 5.92 Å². The van der Waals surface area contributed by atoms with Gasteiger partial charge in [-0.25, -0.2) is 4.98 Å². The topological polar surface area (TPSA) is 65.4 Å². The number of carbonyl (C=O) groups is 1. The summed E-state index contributed by atoms with van der Waals surface area (Å²) in [6.45, 7) is 1.86. The summed E-state index contributed by atoms with van der Waals surface area (Å²) in [5, 5.41) is 4.02. The molecule has 0 bridgehead atoms. The molecule has 2 aromatic rings. The van der Waals surface area contributed by atoms with E-state index in [1.54, 1.807) is 18.9 Å². The zero-order valence-corrected chi connectivity index (χ0v) is 14.3. The van der Waals surface area contributed by atoms with Crippen molar-refractivity contribution in [2.45, 2.75) is 24.7 Å². The lowest BCUT2D eigenvalue weighted by Gasteiger charge is -2.24. The van der Waals surface area contributed by atoms with Crippen molar-refractivity contribution < 1.29 is 14.3 Å². The number of amides is 1. The molecule has 0 fully saturated rings. The van der Waals surface area contributed by atoms with Gasteiger partial charge in [0.2, 0.25) is 5.91 Å². The number of nitrogens with zero attached hydrogens (tertiary/aromatic N) is 2. The highest BCUT2D eigenvalue weighted by Gasteiger charge is 2.26. The predicted octanol–water partition coefficient (Wildman–Crippen LogP) is 1.86. The monoisotopic (exact) mass is 345 g/mol. The number of fused-ring (bicyclic) bond motifs is 2. The Hall–Kier alpha value is -2.15. The number of ether oxygens (including phenoxy) is 2. The first-order chi connectivity index (χ1) is 11.7. The summed E-state index contributed by atoms with van der Waals surface area (Å²) in [6.07, 6.45) is 2.68. The molecule has 0 saturated carbocycles. The maximum Gasteiger partial charge on any atom is 0.227 e. The Morgan fingerprint density at radius 2 is 2.46 bits per heavy atom. The Morgan fingerprint density at radius 3 is 3.29 bits per heavy atom. The van der Waals surface area contributed by atoms with Crippen LogP contribution >= 0.6 is 11.8 Å². The average Bonchev–Trinajstić information content (AvgIpc) is 3.20. The molecular weight excluding hydrogens is 326 g/mol. The van der Waals surface area contributed by atoms with E-state index in [0.29, 0.717) is 19.6 Å². The third-order valence-corrected chi connectivity index (χ3v) is 5.31. The number of imidazole rings is 1. The zero-order chi connectivity index (χ0) is 16.5. The highest BCUT2D eigenvalue weighted by Crippen LogP contribution is 2.30. The van der Waals surface area contributed by atoms with E-state index < -0.39 is 0 Å². The molecule has 0 radical (unpaired) electrons. The van der Waals surface area contributed by atoms with E-state index >= 15 is 0 Å². The molecule has 2 aliphatic heterocycles. The minimum atomic E-state index is -0.187. The van der Waals surface area contributed by atoms with Crippen LogP contribution in [0, 0.1) is 5.92 Å². The summed E-state index contributed by atoms with van der Waals surface area (Å²) >= 11 is 1.75. The van der Waals surface area contributed by atoms with Crippen molar-refractivity contribution in [2.75, 3.05) is 19.5 Å². The molecule has 1 N–H and O–H groups in total. The van der Waals surface area contributed by atoms with Crippen molar-refractivity contribution in [3.8, 4) is 11.5 Å². The Kier molecular flexibility index (Phi) is 4.10. The van der Waals surface area contributed by atoms with Crippen LogP contribution in [0.5, 0.6) is 11.5 Å². The first kappa shape index (κ1) is 15.4. The molecule has 2 aliphatic rings. The summed E-state index contributed by atoms with van der Waals surface area (Å²) in [5.41, 5.74) is 1.92. The molecule has 0 unspecified atom stereocenters. The first-order valence-electron chi connectivity index (χ1n) is 7.99. The van der Waals surface area contributed by atoms with Crippen LogP contribution in [-0.2, 0) is 24.3 Å². The van der Waals surface area contributed by atoms with Crippen molar-refractivity contribution in [3.05, 3.63) is 35.7 Å². The maximum atomic E-state index is 12.4. The van der Waals surface area contributed by atoms with Crippen molar-refractivity contribution in [1.29, 1.82) is 0 Å². The van der Waals surface area contributed by atoms with Gasteiger partial charge in [0.25, 0.3) is 0 Å². The maximum absolute atomic E-state index is 12.4. The van der Waals surface area contributed by atoms with Gasteiger partial charge in [-0.3, -0.25) is 4.79 Å². The number of methoxy groups -OCH3 is 1. The van der Waals surface area contributed by atoms with Crippen LogP contribution in [0.3, 0.4) is 0 Å². The van der Waals surface area contributed by atoms with E-state index in [4.69, 9.17) is 9.47 Å². The van der Waals surface area contributed by atoms with Gasteiger partial charge in [0.1, 0.15) is 18.1 Å². The van der Waals surface area contributed by atoms with Crippen LogP contribution in [-0.4, -0.2) is 34.9 Å². The fourth-order valence-electron chi connectivity index (χ4n) is 3.04. The van der Waals surface area contributed by atoms with Gasteiger partial charge in [-0.1, -0.05) is 11.8 Å². The molecule has 1 aromatic heterocycles. The van der Waals surface area contributed by atoms with Crippen molar-refractivity contribution in [3.63, 3.8) is 0 Å². The molecule has 0 aliphatic carbocycles. The van der Waals surface area contributed by atoms with Gasteiger partial charge in [0.05, 0.1) is 25.3 Å². The SMILES string of the molecule is COc1ccc2c(c1)C[C@H](C(=O)NCc1cn3c(n1)SCC3)CO2. The number of benzene rings is 1. The Bertz CT molecular complexity index is 753. The van der Waals surface area contributed by atoms with E-state index in [2.05, 4.69) is 14.9 Å². The summed E-state index contributed by atoms with van der Waals surface area (Å²) < 4.78 is 13.1. The third-order valence-electron chi connectivity index (χ3n) is 4.34. The molecule has 0 spiro atoms. The molecule has 7 heteroatoms. The summed E-state index contributed by atoms with van der Waals surface area (Å²) in [7, 11) is 1.64. The molecule has 0 saturated heterocycles. The summed E-state index contributed by atoms with van der Waals surface area (Å²) in [5.74, 6) is 2.51. The van der Waals surface area contributed by atoms with Crippen molar-refractivity contribution in [1.82, 2.24) is 14.9 Å². The minimum Gasteiger partial charge on any atom is -0.497 e. The molecule has 1 amide bonds. The average molecular weight is 345 g/mol. The van der Waals surface area contributed by atoms with Gasteiger partial charge in [-0.05, 0) is 30.2 Å². The third kappa shape index (κ3) is 2.96. The second-order valence-electron chi connectivity index (χ2n) is 5.96. The number of carbonyl (C=O) groups excluding carboxylic acids is 1. The van der Waals surface area contributed by atoms with E-state index in [9.17, 15) is 4.79 Å². The van der Waals surface area contributed by atoms with Gasteiger partial charge in [0.15, 0.2) is 5.16 Å². The minimum absolute atomic E-state index is 0.00397. The fourth-order valence-corrected chi connectivity index (χ4v) is 4.00. The van der Waals surface area contributed by atoms with Crippen LogP contribution in [0.1, 0.15) is 11.3 Å². The first-order valence-corrected chi connectivity index (χ1v) is 8.98. The van der Waals surface area contributed by atoms with Crippen LogP contribution in [0.2, 0.25) is 0 Å². The van der Waals surface area contributed by atoms with Crippen LogP contribution in [0.15, 0.2) is 29.6 Å². The molecular formula is C17H19N3O3S. The molecule has 1 atom stereocenters. The second kappa shape index (κ2) is 6.39. The molecule has 1 aromatic carbocycles. The van der Waals surface area contributed by atoms with Gasteiger partial charge in [-0.15, -0.1) is 0 Å². The number of thioether (sulfide) groups is 1. The van der Waals surface area contributed by atoms with Gasteiger partial charge in [-0.2, -0.15) is 0 Å². The molecule has 24 heavy (non-hydrogen) atoms. The number of aromatic nitrogens is 2. The molecule has 4 rings (SSSR count). The smallest absolute Gasteiger partial charge is 0.227 e. The second-order valence-corrected chi connectivity index (χ2v) is 7.02. The van der Waals surface area contributed by atoms with E-state index in [1.807, 2.05) is 24.4 Å². The zero-order valence-electron chi connectivity index (χ0n) is 13.4. The lowest BCUT2D eigenvalue weighted by molar-refractivity contribution is -0.126. The quantitative estimate of drug-likeness (QED) is 0.916. The number of hydrogen-bond acceptors (Lipinski definition) is 5. The predicted molar refractivity (Wildman–Crippen MR) is 90.5 cm³/mol. The van der Waals surface area contributed by atoms with E-state index in [-0.39, 0.29) is 11.8 Å². The van der Waals surface area contributed by atoms with Gasteiger partial charge in [0, 0.05) is 18.5 Å². The summed E-state index contributed by atoms with van der Waals surface area (Å²) in [4.78, 5) is 17.0. The number of aryl methyl sites for hydroxylation is 1. The standard InChI is InChI=1S/C17H19N3O3S/c1-22-14-2-3-15-11(7-14)6-12(10-23-15)16(21)18-8-13-9-20-4-5-24-17(20)19-13/h2-3,7,9,12H,4-6,8,10H2,1H3,(H,18,21)/t12-/m0/s1. The normalized spacial score (nSPS) is 18.5. The Morgan fingerprint density at radius 1 is 1.54 bits per heavy atom. The van der Waals surface area contributed by atoms with Crippen LogP contribution < -0.4 is 14.8 Å². The number of rotatable bonds is 4. The van der Waals surface area contributed by atoms with Crippen LogP contribution in [0.4, 0.5) is 0 Å². The van der Waals surface area contributed by atoms with Crippen molar-refractivity contribution >= 4 is 17.7 Å². The molecule has 6 nitrogen and oxygen atoms in total. The van der Waals surface area contributed by atoms with Gasteiger partial charge >= 0.3 is 0 Å². The lowest BCUT2D eigenvalue weighted by atomic mass is 9.96.